The van der Waals surface area contributed by atoms with Crippen LogP contribution in [0.15, 0.2) is 24.3 Å². The van der Waals surface area contributed by atoms with Gasteiger partial charge in [-0.3, -0.25) is 4.79 Å². The highest BCUT2D eigenvalue weighted by Gasteiger charge is 2.18. The van der Waals surface area contributed by atoms with Gasteiger partial charge in [0.1, 0.15) is 11.4 Å². The van der Waals surface area contributed by atoms with Crippen LogP contribution in [-0.4, -0.2) is 31.3 Å². The number of primary amides is 1. The Kier molecular flexibility index (Phi) is 5.58. The van der Waals surface area contributed by atoms with Gasteiger partial charge in [0.05, 0.1) is 18.7 Å². The molecule has 0 atom stereocenters. The van der Waals surface area contributed by atoms with Crippen LogP contribution >= 0.6 is 0 Å². The van der Waals surface area contributed by atoms with Crippen molar-refractivity contribution in [1.82, 2.24) is 0 Å². The summed E-state index contributed by atoms with van der Waals surface area (Å²) in [7, 11) is 1.77. The first-order valence-corrected chi connectivity index (χ1v) is 6.67. The molecule has 1 heterocycles. The lowest BCUT2D eigenvalue weighted by Gasteiger charge is -2.16. The van der Waals surface area contributed by atoms with Crippen molar-refractivity contribution in [2.24, 2.45) is 5.73 Å². The second kappa shape index (κ2) is 6.97. The Morgan fingerprint density at radius 2 is 2.00 bits per heavy atom. The van der Waals surface area contributed by atoms with Gasteiger partial charge in [-0.15, -0.1) is 0 Å². The van der Waals surface area contributed by atoms with E-state index in [9.17, 15) is 9.59 Å². The van der Waals surface area contributed by atoms with Gasteiger partial charge in [-0.1, -0.05) is 12.1 Å². The van der Waals surface area contributed by atoms with Crippen LogP contribution in [0.3, 0.4) is 0 Å². The smallest absolute Gasteiger partial charge is 0.405 e. The first kappa shape index (κ1) is 16.8. The maximum atomic E-state index is 11.4. The minimum absolute atomic E-state index is 0. The van der Waals surface area contributed by atoms with E-state index >= 15 is 0 Å². The molecule has 6 nitrogen and oxygen atoms in total. The minimum Gasteiger partial charge on any atom is -0.491 e. The number of carbonyl (C=O) groups excluding carboxylic acids is 2. The number of rotatable bonds is 0. The minimum atomic E-state index is -0.725. The van der Waals surface area contributed by atoms with Crippen LogP contribution in [0.4, 0.5) is 10.5 Å². The predicted molar refractivity (Wildman–Crippen MR) is 82.5 cm³/mol. The quantitative estimate of drug-likeness (QED) is 0.797. The third kappa shape index (κ3) is 5.72. The van der Waals surface area contributed by atoms with Crippen molar-refractivity contribution in [3.05, 3.63) is 24.3 Å². The second-order valence-electron chi connectivity index (χ2n) is 5.55. The monoisotopic (exact) mass is 296 g/mol. The number of anilines is 1. The molecule has 0 aliphatic carbocycles. The summed E-state index contributed by atoms with van der Waals surface area (Å²) in [4.78, 5) is 23.1. The van der Waals surface area contributed by atoms with Crippen molar-refractivity contribution in [3.8, 4) is 5.75 Å². The molecule has 2 amide bonds. The third-order valence-electron chi connectivity index (χ3n) is 2.58. The summed E-state index contributed by atoms with van der Waals surface area (Å²) in [6.07, 6.45) is -0.275. The zero-order chi connectivity index (χ0) is 16.0. The highest BCUT2D eigenvalue weighted by atomic mass is 16.6. The summed E-state index contributed by atoms with van der Waals surface area (Å²) < 4.78 is 10.0. The molecular weight excluding hydrogens is 272 g/mol. The largest absolute Gasteiger partial charge is 0.491 e. The van der Waals surface area contributed by atoms with Crippen LogP contribution in [0.5, 0.6) is 5.75 Å². The standard InChI is InChI=1S/C10H11NO2.C5H11NO2.H2/c1-11-8-4-2-3-5-9(8)13-7-6-10(11)12;1-5(2,3)8-4(6)7;/h2-5H,6-7H2,1H3;1-3H3,(H2,6,7);1H. The fourth-order valence-corrected chi connectivity index (χ4v) is 1.71. The number of amides is 2. The molecule has 1 aliphatic heterocycles. The maximum Gasteiger partial charge on any atom is 0.405 e. The number of carbonyl (C=O) groups is 2. The molecule has 0 radical (unpaired) electrons. The van der Waals surface area contributed by atoms with Crippen molar-refractivity contribution in [2.75, 3.05) is 18.6 Å². The van der Waals surface area contributed by atoms with Gasteiger partial charge in [0.15, 0.2) is 0 Å². The Hall–Kier alpha value is -2.24. The lowest BCUT2D eigenvalue weighted by molar-refractivity contribution is -0.118. The van der Waals surface area contributed by atoms with Crippen molar-refractivity contribution in [3.63, 3.8) is 0 Å². The molecule has 1 aromatic carbocycles. The second-order valence-corrected chi connectivity index (χ2v) is 5.55. The number of nitrogens with two attached hydrogens (primary N) is 1. The Bertz CT molecular complexity index is 515. The Labute approximate surface area is 126 Å². The van der Waals surface area contributed by atoms with Crippen molar-refractivity contribution in [1.29, 1.82) is 0 Å². The summed E-state index contributed by atoms with van der Waals surface area (Å²) >= 11 is 0. The van der Waals surface area contributed by atoms with Gasteiger partial charge in [0, 0.05) is 8.47 Å². The van der Waals surface area contributed by atoms with Crippen LogP contribution in [0.1, 0.15) is 28.6 Å². The van der Waals surface area contributed by atoms with E-state index in [0.29, 0.717) is 13.0 Å². The third-order valence-corrected chi connectivity index (χ3v) is 2.58. The molecule has 0 unspecified atom stereocenters. The molecule has 6 heteroatoms. The predicted octanol–water partition coefficient (Wildman–Crippen LogP) is 2.56. The Morgan fingerprint density at radius 1 is 1.38 bits per heavy atom. The topological polar surface area (TPSA) is 81.9 Å². The molecule has 0 spiro atoms. The average molecular weight is 296 g/mol. The van der Waals surface area contributed by atoms with Crippen LogP contribution in [0, 0.1) is 0 Å². The SMILES string of the molecule is CC(C)(C)OC(N)=O.CN1C(=O)CCOc2ccccc21.[HH]. The molecule has 2 N–H and O–H groups in total. The van der Waals surface area contributed by atoms with E-state index in [0.717, 1.165) is 11.4 Å². The molecule has 21 heavy (non-hydrogen) atoms. The highest BCUT2D eigenvalue weighted by molar-refractivity contribution is 5.94. The number of nitrogens with zero attached hydrogens (tertiary/aromatic N) is 1. The van der Waals surface area contributed by atoms with Crippen LogP contribution < -0.4 is 15.4 Å². The lowest BCUT2D eigenvalue weighted by atomic mass is 10.2. The van der Waals surface area contributed by atoms with Gasteiger partial charge in [0.2, 0.25) is 5.91 Å². The fourth-order valence-electron chi connectivity index (χ4n) is 1.71. The number of benzene rings is 1. The fraction of sp³-hybridized carbons (Fsp3) is 0.467. The first-order chi connectivity index (χ1) is 9.70. The van der Waals surface area contributed by atoms with Gasteiger partial charge < -0.3 is 20.1 Å². The van der Waals surface area contributed by atoms with Crippen molar-refractivity contribution >= 4 is 17.7 Å². The summed E-state index contributed by atoms with van der Waals surface area (Å²) in [6, 6.07) is 7.57. The highest BCUT2D eigenvalue weighted by Crippen LogP contribution is 2.29. The first-order valence-electron chi connectivity index (χ1n) is 6.67. The van der Waals surface area contributed by atoms with E-state index < -0.39 is 11.7 Å². The molecule has 0 fully saturated rings. The van der Waals surface area contributed by atoms with Gasteiger partial charge >= 0.3 is 6.09 Å². The van der Waals surface area contributed by atoms with Crippen molar-refractivity contribution in [2.45, 2.75) is 32.8 Å². The van der Waals surface area contributed by atoms with Gasteiger partial charge in [-0.2, -0.15) is 0 Å². The Balaban J connectivity index is 0.000000432. The van der Waals surface area contributed by atoms with E-state index in [1.54, 1.807) is 32.7 Å². The number of hydrogen-bond acceptors (Lipinski definition) is 4. The molecule has 118 valence electrons. The number of fused-ring (bicyclic) bond motifs is 1. The number of ether oxygens (including phenoxy) is 2. The molecule has 1 aliphatic rings. The average Bonchev–Trinajstić information content (AvgIpc) is 2.49. The van der Waals surface area contributed by atoms with E-state index in [4.69, 9.17) is 10.5 Å². The van der Waals surface area contributed by atoms with Gasteiger partial charge in [-0.05, 0) is 32.9 Å². The summed E-state index contributed by atoms with van der Waals surface area (Å²) in [5.41, 5.74) is 5.12. The van der Waals surface area contributed by atoms with E-state index in [1.165, 1.54) is 0 Å². The summed E-state index contributed by atoms with van der Waals surface area (Å²) in [5, 5.41) is 0. The molecule has 1 aromatic rings. The molecule has 0 saturated carbocycles. The number of hydrogen-bond donors (Lipinski definition) is 1. The summed E-state index contributed by atoms with van der Waals surface area (Å²) in [6.45, 7) is 5.76. The van der Waals surface area contributed by atoms with Crippen molar-refractivity contribution < 1.29 is 20.5 Å². The normalized spacial score (nSPS) is 14.1. The van der Waals surface area contributed by atoms with Crippen LogP contribution in [0.25, 0.3) is 0 Å². The number of para-hydroxylation sites is 2. The van der Waals surface area contributed by atoms with Crippen LogP contribution in [0.2, 0.25) is 0 Å². The molecule has 0 aromatic heterocycles. The van der Waals surface area contributed by atoms with E-state index in [2.05, 4.69) is 4.74 Å². The lowest BCUT2D eigenvalue weighted by Crippen LogP contribution is -2.27. The van der Waals surface area contributed by atoms with E-state index in [-0.39, 0.29) is 7.33 Å². The molecule has 0 bridgehead atoms. The summed E-state index contributed by atoms with van der Waals surface area (Å²) in [5.74, 6) is 0.890. The molecular formula is C15H24N2O4. The molecule has 2 rings (SSSR count). The van der Waals surface area contributed by atoms with E-state index in [1.807, 2.05) is 24.3 Å². The molecule has 0 saturated heterocycles. The maximum absolute atomic E-state index is 11.4. The zero-order valence-electron chi connectivity index (χ0n) is 12.9. The van der Waals surface area contributed by atoms with Gasteiger partial charge in [0.25, 0.3) is 0 Å². The van der Waals surface area contributed by atoms with Gasteiger partial charge in [-0.25, -0.2) is 4.79 Å². The van der Waals surface area contributed by atoms with Crippen LogP contribution in [-0.2, 0) is 9.53 Å². The zero-order valence-corrected chi connectivity index (χ0v) is 12.9. The Morgan fingerprint density at radius 3 is 2.52 bits per heavy atom.